The molecule has 0 fully saturated rings. The Morgan fingerprint density at radius 1 is 0.941 bits per heavy atom. The van der Waals surface area contributed by atoms with Gasteiger partial charge in [-0.05, 0) is 47.9 Å². The molecule has 0 unspecified atom stereocenters. The van der Waals surface area contributed by atoms with E-state index >= 15 is 0 Å². The molecule has 0 bridgehead atoms. The maximum absolute atomic E-state index is 9.03. The quantitative estimate of drug-likeness (QED) is 0.415. The molecule has 5 rings (SSSR count). The van der Waals surface area contributed by atoms with Crippen molar-refractivity contribution in [2.75, 3.05) is 5.32 Å². The van der Waals surface area contributed by atoms with Crippen LogP contribution in [0.5, 0.6) is 0 Å². The Morgan fingerprint density at radius 3 is 2.56 bits per heavy atom. The Bertz CT molecular complexity index is 1530. The number of pyridine rings is 3. The van der Waals surface area contributed by atoms with Crippen molar-refractivity contribution in [3.8, 4) is 28.5 Å². The van der Waals surface area contributed by atoms with E-state index in [2.05, 4.69) is 44.4 Å². The van der Waals surface area contributed by atoms with Crippen LogP contribution in [0.2, 0.25) is 0 Å². The average molecular weight is 448 g/mol. The number of fused-ring (bicyclic) bond motifs is 1. The summed E-state index contributed by atoms with van der Waals surface area (Å²) in [6, 6.07) is 13.3. The first kappa shape index (κ1) is 21.2. The van der Waals surface area contributed by atoms with Gasteiger partial charge in [-0.25, -0.2) is 9.97 Å². The van der Waals surface area contributed by atoms with Gasteiger partial charge >= 0.3 is 0 Å². The second-order valence-electron chi connectivity index (χ2n) is 8.22. The van der Waals surface area contributed by atoms with Gasteiger partial charge in [0.2, 0.25) is 0 Å². The van der Waals surface area contributed by atoms with E-state index in [1.807, 2.05) is 55.8 Å². The molecule has 0 aliphatic heterocycles. The monoisotopic (exact) mass is 447 g/mol. The van der Waals surface area contributed by atoms with Crippen molar-refractivity contribution in [3.63, 3.8) is 0 Å². The van der Waals surface area contributed by atoms with Gasteiger partial charge in [0.1, 0.15) is 23.3 Å². The van der Waals surface area contributed by atoms with Gasteiger partial charge in [0.05, 0.1) is 17.2 Å². The summed E-state index contributed by atoms with van der Waals surface area (Å²) in [7, 11) is 1.87. The lowest BCUT2D eigenvalue weighted by Gasteiger charge is -2.09. The highest BCUT2D eigenvalue weighted by Crippen LogP contribution is 2.32. The first-order chi connectivity index (χ1) is 16.5. The van der Waals surface area contributed by atoms with E-state index in [1.165, 1.54) is 0 Å². The lowest BCUT2D eigenvalue weighted by atomic mass is 10.0. The topological polar surface area (TPSA) is 118 Å². The molecular weight excluding hydrogens is 426 g/mol. The van der Waals surface area contributed by atoms with Crippen molar-refractivity contribution in [1.29, 1.82) is 5.26 Å². The molecule has 0 saturated heterocycles. The fourth-order valence-electron chi connectivity index (χ4n) is 3.63. The van der Waals surface area contributed by atoms with Crippen LogP contribution in [0.25, 0.3) is 33.4 Å². The summed E-state index contributed by atoms with van der Waals surface area (Å²) in [4.78, 5) is 13.5. The Labute approximate surface area is 196 Å². The molecule has 0 radical (unpaired) electrons. The molecule has 0 atom stereocenters. The summed E-state index contributed by atoms with van der Waals surface area (Å²) >= 11 is 0. The largest absolute Gasteiger partial charge is 0.323 e. The first-order valence-corrected chi connectivity index (χ1v) is 10.8. The van der Waals surface area contributed by atoms with Crippen LogP contribution in [-0.4, -0.2) is 34.9 Å². The summed E-state index contributed by atoms with van der Waals surface area (Å²) in [5, 5.41) is 25.1. The number of nitrogens with one attached hydrogen (secondary N) is 1. The summed E-state index contributed by atoms with van der Waals surface area (Å²) in [5.41, 5.74) is 6.35. The zero-order chi connectivity index (χ0) is 23.7. The highest BCUT2D eigenvalue weighted by molar-refractivity contribution is 5.86. The molecule has 1 N–H and O–H groups in total. The van der Waals surface area contributed by atoms with Crippen LogP contribution >= 0.6 is 0 Å². The van der Waals surface area contributed by atoms with Gasteiger partial charge in [0.25, 0.3) is 0 Å². The molecule has 9 nitrogen and oxygen atoms in total. The van der Waals surface area contributed by atoms with Gasteiger partial charge in [-0.2, -0.15) is 15.5 Å². The minimum atomic E-state index is 0.354. The maximum Gasteiger partial charge on any atom is 0.154 e. The van der Waals surface area contributed by atoms with Crippen molar-refractivity contribution >= 4 is 22.7 Å². The van der Waals surface area contributed by atoms with E-state index in [9.17, 15) is 0 Å². The average Bonchev–Trinajstić information content (AvgIpc) is 3.25. The number of rotatable bonds is 5. The zero-order valence-corrected chi connectivity index (χ0v) is 18.9. The third-order valence-electron chi connectivity index (χ3n) is 5.43. The molecule has 34 heavy (non-hydrogen) atoms. The van der Waals surface area contributed by atoms with Crippen LogP contribution in [0, 0.1) is 11.3 Å². The van der Waals surface area contributed by atoms with Crippen molar-refractivity contribution in [3.05, 3.63) is 72.4 Å². The van der Waals surface area contributed by atoms with Crippen LogP contribution in [0.1, 0.15) is 31.0 Å². The Balaban J connectivity index is 1.51. The van der Waals surface area contributed by atoms with E-state index in [0.29, 0.717) is 23.2 Å². The molecule has 0 aliphatic rings. The summed E-state index contributed by atoms with van der Waals surface area (Å²) < 4.78 is 1.75. The first-order valence-electron chi connectivity index (χ1n) is 10.8. The normalized spacial score (nSPS) is 11.0. The van der Waals surface area contributed by atoms with Crippen molar-refractivity contribution < 1.29 is 0 Å². The Morgan fingerprint density at radius 2 is 1.79 bits per heavy atom. The van der Waals surface area contributed by atoms with Crippen LogP contribution in [-0.2, 0) is 7.05 Å². The van der Waals surface area contributed by atoms with E-state index in [1.54, 1.807) is 23.1 Å². The number of nitrogens with zero attached hydrogens (tertiary/aromatic N) is 8. The molecule has 9 heteroatoms. The van der Waals surface area contributed by atoms with Crippen molar-refractivity contribution in [1.82, 2.24) is 34.9 Å². The second kappa shape index (κ2) is 8.67. The molecule has 0 aliphatic carbocycles. The standard InChI is InChI=1S/C25H21N9/c1-15(2)17-9-24(32-29-13-17)31-23-7-6-21-22(30-23)8-18(12-28-21)20-14-34(3)33-25(20)16-4-5-19(10-26)27-11-16/h4-9,11-15H,1-3H3,(H,30,31,32). The van der Waals surface area contributed by atoms with E-state index in [0.717, 1.165) is 39.0 Å². The molecule has 0 saturated carbocycles. The van der Waals surface area contributed by atoms with Crippen molar-refractivity contribution in [2.24, 2.45) is 7.05 Å². The molecule has 5 aromatic heterocycles. The third-order valence-corrected chi connectivity index (χ3v) is 5.43. The number of aromatic nitrogens is 7. The van der Waals surface area contributed by atoms with E-state index in [-0.39, 0.29) is 0 Å². The zero-order valence-electron chi connectivity index (χ0n) is 18.9. The summed E-state index contributed by atoms with van der Waals surface area (Å²) in [5.74, 6) is 1.65. The second-order valence-corrected chi connectivity index (χ2v) is 8.22. The van der Waals surface area contributed by atoms with Gasteiger partial charge < -0.3 is 5.32 Å². The third kappa shape index (κ3) is 4.17. The van der Waals surface area contributed by atoms with Gasteiger partial charge in [0, 0.05) is 42.3 Å². The predicted molar refractivity (Wildman–Crippen MR) is 129 cm³/mol. The Hall–Kier alpha value is -4.71. The number of hydrogen-bond acceptors (Lipinski definition) is 8. The maximum atomic E-state index is 9.03. The smallest absolute Gasteiger partial charge is 0.154 e. The van der Waals surface area contributed by atoms with E-state index < -0.39 is 0 Å². The highest BCUT2D eigenvalue weighted by Gasteiger charge is 2.14. The molecule has 5 heterocycles. The fourth-order valence-corrected chi connectivity index (χ4v) is 3.63. The van der Waals surface area contributed by atoms with E-state index in [4.69, 9.17) is 10.2 Å². The predicted octanol–water partition coefficient (Wildman–Crippen LogP) is 4.62. The van der Waals surface area contributed by atoms with Crippen LogP contribution < -0.4 is 5.32 Å². The minimum absolute atomic E-state index is 0.354. The molecule has 0 aromatic carbocycles. The summed E-state index contributed by atoms with van der Waals surface area (Å²) in [6.45, 7) is 4.23. The van der Waals surface area contributed by atoms with Gasteiger partial charge in [-0.3, -0.25) is 9.67 Å². The van der Waals surface area contributed by atoms with Crippen LogP contribution in [0.3, 0.4) is 0 Å². The van der Waals surface area contributed by atoms with Crippen LogP contribution in [0.15, 0.2) is 61.2 Å². The SMILES string of the molecule is CC(C)c1cnnc(Nc2ccc3ncc(-c4cn(C)nc4-c4ccc(C#N)nc4)cc3n2)c1. The minimum Gasteiger partial charge on any atom is -0.323 e. The highest BCUT2D eigenvalue weighted by atomic mass is 15.3. The number of nitriles is 1. The molecule has 0 amide bonds. The summed E-state index contributed by atoms with van der Waals surface area (Å²) in [6.07, 6.45) is 7.18. The molecular formula is C25H21N9. The lowest BCUT2D eigenvalue weighted by molar-refractivity contribution is 0.771. The van der Waals surface area contributed by atoms with Gasteiger partial charge in [-0.15, -0.1) is 5.10 Å². The van der Waals surface area contributed by atoms with Crippen molar-refractivity contribution in [2.45, 2.75) is 19.8 Å². The molecule has 5 aromatic rings. The number of hydrogen-bond donors (Lipinski definition) is 1. The van der Waals surface area contributed by atoms with Crippen LogP contribution in [0.4, 0.5) is 11.6 Å². The lowest BCUT2D eigenvalue weighted by Crippen LogP contribution is -2.00. The fraction of sp³-hybridized carbons (Fsp3) is 0.160. The number of anilines is 2. The van der Waals surface area contributed by atoms with Gasteiger partial charge in [-0.1, -0.05) is 13.8 Å². The molecule has 0 spiro atoms. The van der Waals surface area contributed by atoms with Gasteiger partial charge in [0.15, 0.2) is 5.82 Å². The molecule has 166 valence electrons. The number of aryl methyl sites for hydroxylation is 1. The Kier molecular flexibility index (Phi) is 5.40.